The fraction of sp³-hybridized carbons (Fsp3) is 0.611. The summed E-state index contributed by atoms with van der Waals surface area (Å²) in [6.07, 6.45) is 5.39. The summed E-state index contributed by atoms with van der Waals surface area (Å²) in [5, 5.41) is 12.3. The number of carbonyl (C=O) groups is 4. The summed E-state index contributed by atoms with van der Waals surface area (Å²) in [7, 11) is 1.51. The topological polar surface area (TPSA) is 135 Å². The standard InChI is InChI=1S/C36H51N3O8/c1-6-8-17-28(41)37-26(23-45-5)31(25-15-11-9-12-16-25)46-35(44)29-27-18-19-36(47-27)30(29)33(42)39(21-13-10-14-22-40)32(36)34(43)38(20-7-2)24(3)4/h6-7,9,11-12,15-16,24,26-27,29-32,40H,1-2,8,10,13-14,17-23H2,3-5H3,(H,37,41)/t26-,27+,29-,30-,31-,32+,36-/m0/s1. The second-order valence-corrected chi connectivity index (χ2v) is 13.0. The van der Waals surface area contributed by atoms with Gasteiger partial charge in [0.2, 0.25) is 17.7 Å². The molecule has 0 saturated carbocycles. The molecule has 3 fully saturated rings. The van der Waals surface area contributed by atoms with E-state index in [9.17, 15) is 24.3 Å². The third kappa shape index (κ3) is 7.63. The zero-order valence-corrected chi connectivity index (χ0v) is 28.0. The number of aliphatic hydroxyl groups is 1. The molecule has 1 spiro atoms. The Kier molecular flexibility index (Phi) is 12.8. The maximum absolute atomic E-state index is 14.4. The predicted octanol–water partition coefficient (Wildman–Crippen LogP) is 3.33. The van der Waals surface area contributed by atoms with E-state index in [2.05, 4.69) is 18.5 Å². The van der Waals surface area contributed by atoms with Gasteiger partial charge in [-0.25, -0.2) is 0 Å². The van der Waals surface area contributed by atoms with Crippen molar-refractivity contribution < 1.29 is 38.5 Å². The van der Waals surface area contributed by atoms with Crippen LogP contribution in [-0.4, -0.2) is 102 Å². The van der Waals surface area contributed by atoms with Gasteiger partial charge in [0.05, 0.1) is 30.6 Å². The largest absolute Gasteiger partial charge is 0.455 e. The minimum absolute atomic E-state index is 0.0450. The number of likely N-dealkylation sites (tertiary alicyclic amines) is 1. The highest BCUT2D eigenvalue weighted by atomic mass is 16.6. The number of fused-ring (bicyclic) bond motifs is 1. The summed E-state index contributed by atoms with van der Waals surface area (Å²) in [5.41, 5.74) is -0.500. The van der Waals surface area contributed by atoms with Crippen LogP contribution in [0.25, 0.3) is 0 Å². The zero-order valence-electron chi connectivity index (χ0n) is 28.0. The Bertz CT molecular complexity index is 1270. The quantitative estimate of drug-likeness (QED) is 0.132. The van der Waals surface area contributed by atoms with Crippen LogP contribution in [0.3, 0.4) is 0 Å². The lowest BCUT2D eigenvalue weighted by molar-refractivity contribution is -0.163. The fourth-order valence-corrected chi connectivity index (χ4v) is 7.49. The molecule has 0 aromatic heterocycles. The first-order valence-corrected chi connectivity index (χ1v) is 16.8. The van der Waals surface area contributed by atoms with Crippen LogP contribution in [0.2, 0.25) is 0 Å². The zero-order chi connectivity index (χ0) is 34.1. The Labute approximate surface area is 278 Å². The number of allylic oxidation sites excluding steroid dienone is 1. The highest BCUT2D eigenvalue weighted by Gasteiger charge is 2.75. The Hall–Kier alpha value is -3.54. The van der Waals surface area contributed by atoms with Gasteiger partial charge >= 0.3 is 5.97 Å². The number of benzene rings is 1. The van der Waals surface area contributed by atoms with Gasteiger partial charge in [-0.15, -0.1) is 13.2 Å². The third-order valence-corrected chi connectivity index (χ3v) is 9.60. The molecule has 3 aliphatic heterocycles. The molecule has 3 aliphatic rings. The van der Waals surface area contributed by atoms with E-state index in [-0.39, 0.29) is 43.4 Å². The summed E-state index contributed by atoms with van der Waals surface area (Å²) >= 11 is 0. The average Bonchev–Trinajstić information content (AvgIpc) is 3.70. The van der Waals surface area contributed by atoms with E-state index in [1.807, 2.05) is 44.2 Å². The molecule has 47 heavy (non-hydrogen) atoms. The van der Waals surface area contributed by atoms with Crippen molar-refractivity contribution in [3.05, 3.63) is 61.2 Å². The number of ether oxygens (including phenoxy) is 3. The van der Waals surface area contributed by atoms with Gasteiger partial charge < -0.3 is 34.4 Å². The molecule has 7 atom stereocenters. The Morgan fingerprint density at radius 1 is 1.17 bits per heavy atom. The minimum atomic E-state index is -1.17. The smallest absolute Gasteiger partial charge is 0.313 e. The van der Waals surface area contributed by atoms with Crippen LogP contribution in [-0.2, 0) is 33.4 Å². The molecule has 3 saturated heterocycles. The van der Waals surface area contributed by atoms with E-state index < -0.39 is 47.7 Å². The normalized spacial score (nSPS) is 25.7. The first kappa shape index (κ1) is 36.3. The van der Waals surface area contributed by atoms with Crippen LogP contribution in [0, 0.1) is 11.8 Å². The van der Waals surface area contributed by atoms with Crippen molar-refractivity contribution in [2.45, 2.75) is 94.7 Å². The van der Waals surface area contributed by atoms with Crippen molar-refractivity contribution >= 4 is 23.7 Å². The summed E-state index contributed by atoms with van der Waals surface area (Å²) < 4.78 is 18.3. The van der Waals surface area contributed by atoms with Gasteiger partial charge in [0.15, 0.2) is 0 Å². The minimum Gasteiger partial charge on any atom is -0.455 e. The molecule has 1 aromatic rings. The van der Waals surface area contributed by atoms with Crippen LogP contribution >= 0.6 is 0 Å². The molecule has 0 aliphatic carbocycles. The molecular formula is C36H51N3O8. The fourth-order valence-electron chi connectivity index (χ4n) is 7.49. The Morgan fingerprint density at radius 3 is 2.55 bits per heavy atom. The molecule has 11 nitrogen and oxygen atoms in total. The summed E-state index contributed by atoms with van der Waals surface area (Å²) in [4.78, 5) is 59.1. The lowest BCUT2D eigenvalue weighted by Crippen LogP contribution is -2.57. The Morgan fingerprint density at radius 2 is 1.91 bits per heavy atom. The van der Waals surface area contributed by atoms with Crippen molar-refractivity contribution in [3.8, 4) is 0 Å². The van der Waals surface area contributed by atoms with E-state index >= 15 is 0 Å². The highest BCUT2D eigenvalue weighted by Crippen LogP contribution is 2.59. The number of unbranched alkanes of at least 4 members (excludes halogenated alkanes) is 2. The van der Waals surface area contributed by atoms with Crippen LogP contribution in [0.15, 0.2) is 55.6 Å². The number of hydrogen-bond acceptors (Lipinski definition) is 8. The van der Waals surface area contributed by atoms with Gasteiger partial charge in [0, 0.05) is 39.3 Å². The van der Waals surface area contributed by atoms with E-state index in [0.29, 0.717) is 57.2 Å². The van der Waals surface area contributed by atoms with Gasteiger partial charge in [-0.2, -0.15) is 0 Å². The summed E-state index contributed by atoms with van der Waals surface area (Å²) in [6.45, 7) is 12.1. The molecule has 2 N–H and O–H groups in total. The molecule has 3 amide bonds. The SMILES string of the molecule is C=CCCC(=O)N[C@@H](COC)[C@@H](OC(=O)[C@@H]1[C@H]2C(=O)N(CCCCCO)[C@H](C(=O)N(CC=C)C(C)C)[C@]23CC[C@H]1O3)c1ccccc1. The highest BCUT2D eigenvalue weighted by molar-refractivity contribution is 5.98. The molecule has 2 bridgehead atoms. The van der Waals surface area contributed by atoms with Crippen molar-refractivity contribution in [2.24, 2.45) is 11.8 Å². The number of rotatable bonds is 19. The van der Waals surface area contributed by atoms with Gasteiger partial charge in [0.1, 0.15) is 17.7 Å². The maximum atomic E-state index is 14.4. The van der Waals surface area contributed by atoms with E-state index in [4.69, 9.17) is 14.2 Å². The van der Waals surface area contributed by atoms with Crippen molar-refractivity contribution in [1.29, 1.82) is 0 Å². The molecule has 4 rings (SSSR count). The average molecular weight is 654 g/mol. The number of nitrogens with one attached hydrogen (secondary N) is 1. The van der Waals surface area contributed by atoms with E-state index in [1.54, 1.807) is 22.0 Å². The van der Waals surface area contributed by atoms with Gasteiger partial charge in [0.25, 0.3) is 0 Å². The van der Waals surface area contributed by atoms with Crippen molar-refractivity contribution in [2.75, 3.05) is 33.4 Å². The lowest BCUT2D eigenvalue weighted by atomic mass is 9.70. The molecule has 0 radical (unpaired) electrons. The maximum Gasteiger partial charge on any atom is 0.313 e. The first-order valence-electron chi connectivity index (χ1n) is 16.8. The second-order valence-electron chi connectivity index (χ2n) is 13.0. The van der Waals surface area contributed by atoms with Gasteiger partial charge in [-0.3, -0.25) is 19.2 Å². The number of carbonyl (C=O) groups excluding carboxylic acids is 4. The van der Waals surface area contributed by atoms with Crippen LogP contribution < -0.4 is 5.32 Å². The lowest BCUT2D eigenvalue weighted by Gasteiger charge is -2.38. The molecule has 1 aromatic carbocycles. The molecule has 11 heteroatoms. The molecule has 258 valence electrons. The number of aliphatic hydroxyl groups excluding tert-OH is 1. The van der Waals surface area contributed by atoms with Crippen molar-refractivity contribution in [1.82, 2.24) is 15.1 Å². The monoisotopic (exact) mass is 653 g/mol. The molecule has 3 heterocycles. The molecule has 0 unspecified atom stereocenters. The second kappa shape index (κ2) is 16.5. The summed E-state index contributed by atoms with van der Waals surface area (Å²) in [5.74, 6) is -3.17. The van der Waals surface area contributed by atoms with Crippen LogP contribution in [0.1, 0.15) is 70.5 Å². The van der Waals surface area contributed by atoms with Gasteiger partial charge in [-0.1, -0.05) is 42.5 Å². The number of esters is 1. The van der Waals surface area contributed by atoms with E-state index in [0.717, 1.165) is 0 Å². The third-order valence-electron chi connectivity index (χ3n) is 9.60. The van der Waals surface area contributed by atoms with Crippen molar-refractivity contribution in [3.63, 3.8) is 0 Å². The number of amides is 3. The number of methoxy groups -OCH3 is 1. The first-order chi connectivity index (χ1) is 22.6. The number of nitrogens with zero attached hydrogens (tertiary/aromatic N) is 2. The summed E-state index contributed by atoms with van der Waals surface area (Å²) in [6, 6.07) is 7.39. The van der Waals surface area contributed by atoms with Crippen LogP contribution in [0.4, 0.5) is 0 Å². The Balaban J connectivity index is 1.67. The number of hydrogen-bond donors (Lipinski definition) is 2. The van der Waals surface area contributed by atoms with E-state index in [1.165, 1.54) is 7.11 Å². The molecular weight excluding hydrogens is 602 g/mol. The van der Waals surface area contributed by atoms with Gasteiger partial charge in [-0.05, 0) is 57.9 Å². The van der Waals surface area contributed by atoms with Crippen LogP contribution in [0.5, 0.6) is 0 Å². The predicted molar refractivity (Wildman–Crippen MR) is 176 cm³/mol.